The average molecular weight is 205 g/mol. The van der Waals surface area contributed by atoms with E-state index in [1.165, 1.54) is 11.1 Å². The number of benzene rings is 1. The van der Waals surface area contributed by atoms with Crippen molar-refractivity contribution in [1.82, 2.24) is 5.32 Å². The summed E-state index contributed by atoms with van der Waals surface area (Å²) in [6.07, 6.45) is 1.87. The number of hydrogen-bond donors (Lipinski definition) is 1. The third-order valence-corrected chi connectivity index (χ3v) is 2.18. The first-order chi connectivity index (χ1) is 7.38. The highest BCUT2D eigenvalue weighted by molar-refractivity contribution is 5.26. The van der Waals surface area contributed by atoms with E-state index in [0.29, 0.717) is 6.61 Å². The van der Waals surface area contributed by atoms with E-state index in [9.17, 15) is 0 Å². The summed E-state index contributed by atoms with van der Waals surface area (Å²) >= 11 is 0. The van der Waals surface area contributed by atoms with Crippen molar-refractivity contribution < 1.29 is 4.74 Å². The lowest BCUT2D eigenvalue weighted by atomic mass is 10.1. The first-order valence-electron chi connectivity index (χ1n) is 5.34. The first-order valence-corrected chi connectivity index (χ1v) is 5.34. The van der Waals surface area contributed by atoms with Crippen LogP contribution in [0.15, 0.2) is 36.9 Å². The number of nitrogens with one attached hydrogen (secondary N) is 1. The third-order valence-electron chi connectivity index (χ3n) is 2.18. The molecule has 0 saturated carbocycles. The standard InChI is InChI=1S/C13H19NO/c1-3-9-14-10-12-7-5-6-8-13(12)11-15-4-2/h3,5-8,14H,1,4,9-11H2,2H3. The van der Waals surface area contributed by atoms with Gasteiger partial charge in [0.05, 0.1) is 6.61 Å². The number of rotatable bonds is 7. The highest BCUT2D eigenvalue weighted by Gasteiger charge is 2.00. The maximum Gasteiger partial charge on any atom is 0.0719 e. The SMILES string of the molecule is C=CCNCc1ccccc1COCC. The predicted octanol–water partition coefficient (Wildman–Crippen LogP) is 2.50. The van der Waals surface area contributed by atoms with Crippen molar-refractivity contribution in [3.8, 4) is 0 Å². The Balaban J connectivity index is 2.55. The summed E-state index contributed by atoms with van der Waals surface area (Å²) in [6, 6.07) is 8.34. The maximum atomic E-state index is 5.42. The van der Waals surface area contributed by atoms with Crippen molar-refractivity contribution in [2.45, 2.75) is 20.1 Å². The Morgan fingerprint density at radius 3 is 2.73 bits per heavy atom. The van der Waals surface area contributed by atoms with Crippen molar-refractivity contribution in [1.29, 1.82) is 0 Å². The molecule has 0 aliphatic rings. The second kappa shape index (κ2) is 7.21. The summed E-state index contributed by atoms with van der Waals surface area (Å²) in [5, 5.41) is 3.29. The molecule has 0 amide bonds. The van der Waals surface area contributed by atoms with Gasteiger partial charge in [0.1, 0.15) is 0 Å². The average Bonchev–Trinajstić information content (AvgIpc) is 2.28. The Hall–Kier alpha value is -1.12. The van der Waals surface area contributed by atoms with Gasteiger partial charge in [-0.2, -0.15) is 0 Å². The Bertz CT molecular complexity index is 296. The molecular formula is C13H19NO. The third kappa shape index (κ3) is 4.28. The van der Waals surface area contributed by atoms with E-state index in [4.69, 9.17) is 4.74 Å². The smallest absolute Gasteiger partial charge is 0.0719 e. The molecule has 0 fully saturated rings. The molecule has 82 valence electrons. The van der Waals surface area contributed by atoms with E-state index in [0.717, 1.165) is 19.7 Å². The van der Waals surface area contributed by atoms with Crippen LogP contribution in [0.25, 0.3) is 0 Å². The molecular weight excluding hydrogens is 186 g/mol. The first kappa shape index (κ1) is 12.0. The Labute approximate surface area is 92.0 Å². The molecule has 1 aromatic carbocycles. The van der Waals surface area contributed by atoms with Gasteiger partial charge in [0.2, 0.25) is 0 Å². The van der Waals surface area contributed by atoms with Crippen LogP contribution in [0.5, 0.6) is 0 Å². The summed E-state index contributed by atoms with van der Waals surface area (Å²) in [5.74, 6) is 0. The molecule has 1 rings (SSSR count). The van der Waals surface area contributed by atoms with E-state index >= 15 is 0 Å². The topological polar surface area (TPSA) is 21.3 Å². The summed E-state index contributed by atoms with van der Waals surface area (Å²) in [6.45, 7) is 8.85. The molecule has 0 heterocycles. The molecule has 15 heavy (non-hydrogen) atoms. The Morgan fingerprint density at radius 1 is 1.33 bits per heavy atom. The van der Waals surface area contributed by atoms with E-state index < -0.39 is 0 Å². The van der Waals surface area contributed by atoms with Crippen molar-refractivity contribution in [3.05, 3.63) is 48.0 Å². The lowest BCUT2D eigenvalue weighted by Crippen LogP contribution is -2.14. The van der Waals surface area contributed by atoms with Gasteiger partial charge in [0, 0.05) is 19.7 Å². The minimum atomic E-state index is 0.697. The minimum Gasteiger partial charge on any atom is -0.377 e. The van der Waals surface area contributed by atoms with Crippen LogP contribution in [0.2, 0.25) is 0 Å². The molecule has 0 saturated heterocycles. The highest BCUT2D eigenvalue weighted by Crippen LogP contribution is 2.09. The Kier molecular flexibility index (Phi) is 5.74. The second-order valence-electron chi connectivity index (χ2n) is 3.33. The fourth-order valence-electron chi connectivity index (χ4n) is 1.39. The fraction of sp³-hybridized carbons (Fsp3) is 0.385. The van der Waals surface area contributed by atoms with Crippen LogP contribution in [0.1, 0.15) is 18.1 Å². The van der Waals surface area contributed by atoms with E-state index in [1.54, 1.807) is 0 Å². The normalized spacial score (nSPS) is 10.2. The van der Waals surface area contributed by atoms with Crippen LogP contribution >= 0.6 is 0 Å². The zero-order valence-corrected chi connectivity index (χ0v) is 9.33. The van der Waals surface area contributed by atoms with Crippen LogP contribution in [0.3, 0.4) is 0 Å². The summed E-state index contributed by atoms with van der Waals surface area (Å²) < 4.78 is 5.42. The molecule has 0 aromatic heterocycles. The lowest BCUT2D eigenvalue weighted by Gasteiger charge is -2.09. The minimum absolute atomic E-state index is 0.697. The van der Waals surface area contributed by atoms with Crippen molar-refractivity contribution in [3.63, 3.8) is 0 Å². The molecule has 0 spiro atoms. The van der Waals surface area contributed by atoms with Gasteiger partial charge >= 0.3 is 0 Å². The number of hydrogen-bond acceptors (Lipinski definition) is 2. The van der Waals surface area contributed by atoms with E-state index in [1.807, 2.05) is 19.1 Å². The summed E-state index contributed by atoms with van der Waals surface area (Å²) in [5.41, 5.74) is 2.56. The van der Waals surface area contributed by atoms with Gasteiger partial charge in [-0.25, -0.2) is 0 Å². The van der Waals surface area contributed by atoms with Crippen molar-refractivity contribution in [2.75, 3.05) is 13.2 Å². The second-order valence-corrected chi connectivity index (χ2v) is 3.33. The van der Waals surface area contributed by atoms with Gasteiger partial charge in [-0.1, -0.05) is 30.3 Å². The molecule has 2 heteroatoms. The van der Waals surface area contributed by atoms with Gasteiger partial charge in [0.25, 0.3) is 0 Å². The van der Waals surface area contributed by atoms with Crippen LogP contribution in [-0.2, 0) is 17.9 Å². The molecule has 1 N–H and O–H groups in total. The molecule has 2 nitrogen and oxygen atoms in total. The fourth-order valence-corrected chi connectivity index (χ4v) is 1.39. The quantitative estimate of drug-likeness (QED) is 0.545. The van der Waals surface area contributed by atoms with Gasteiger partial charge < -0.3 is 10.1 Å². The molecule has 0 aliphatic heterocycles. The van der Waals surface area contributed by atoms with E-state index in [-0.39, 0.29) is 0 Å². The highest BCUT2D eigenvalue weighted by atomic mass is 16.5. The number of ether oxygens (including phenoxy) is 1. The Morgan fingerprint density at radius 2 is 2.07 bits per heavy atom. The predicted molar refractivity (Wildman–Crippen MR) is 63.7 cm³/mol. The van der Waals surface area contributed by atoms with Gasteiger partial charge in [-0.15, -0.1) is 6.58 Å². The van der Waals surface area contributed by atoms with Crippen molar-refractivity contribution in [2.24, 2.45) is 0 Å². The van der Waals surface area contributed by atoms with E-state index in [2.05, 4.69) is 30.1 Å². The van der Waals surface area contributed by atoms with Gasteiger partial charge in [-0.3, -0.25) is 0 Å². The largest absolute Gasteiger partial charge is 0.377 e. The van der Waals surface area contributed by atoms with Gasteiger partial charge in [0.15, 0.2) is 0 Å². The van der Waals surface area contributed by atoms with Crippen LogP contribution in [-0.4, -0.2) is 13.2 Å². The maximum absolute atomic E-state index is 5.42. The van der Waals surface area contributed by atoms with Crippen LogP contribution in [0.4, 0.5) is 0 Å². The summed E-state index contributed by atoms with van der Waals surface area (Å²) in [7, 11) is 0. The molecule has 0 radical (unpaired) electrons. The molecule has 0 aliphatic carbocycles. The van der Waals surface area contributed by atoms with Gasteiger partial charge in [-0.05, 0) is 18.1 Å². The molecule has 0 bridgehead atoms. The monoisotopic (exact) mass is 205 g/mol. The van der Waals surface area contributed by atoms with Crippen molar-refractivity contribution >= 4 is 0 Å². The molecule has 0 unspecified atom stereocenters. The zero-order valence-electron chi connectivity index (χ0n) is 9.33. The zero-order chi connectivity index (χ0) is 10.9. The summed E-state index contributed by atoms with van der Waals surface area (Å²) in [4.78, 5) is 0. The molecule has 0 atom stereocenters. The molecule has 1 aromatic rings. The lowest BCUT2D eigenvalue weighted by molar-refractivity contribution is 0.133. The van der Waals surface area contributed by atoms with Crippen LogP contribution < -0.4 is 5.32 Å². The van der Waals surface area contributed by atoms with Crippen LogP contribution in [0, 0.1) is 0 Å².